The summed E-state index contributed by atoms with van der Waals surface area (Å²) in [6.45, 7) is 1.48. The fourth-order valence-electron chi connectivity index (χ4n) is 1.68. The third-order valence-electron chi connectivity index (χ3n) is 2.93. The Morgan fingerprint density at radius 1 is 1.61 bits per heavy atom. The van der Waals surface area contributed by atoms with Crippen molar-refractivity contribution in [3.63, 3.8) is 0 Å². The molecule has 18 heavy (non-hydrogen) atoms. The smallest absolute Gasteiger partial charge is 0.283 e. The summed E-state index contributed by atoms with van der Waals surface area (Å²) in [6, 6.07) is 0. The van der Waals surface area contributed by atoms with Crippen molar-refractivity contribution in [3.05, 3.63) is 21.0 Å². The number of terminal acetylenes is 1. The van der Waals surface area contributed by atoms with E-state index in [0.717, 1.165) is 31.6 Å². The van der Waals surface area contributed by atoms with Gasteiger partial charge in [-0.25, -0.2) is 4.68 Å². The van der Waals surface area contributed by atoms with Crippen LogP contribution in [-0.4, -0.2) is 16.3 Å². The predicted octanol–water partition coefficient (Wildman–Crippen LogP) is 2.24. The average Bonchev–Trinajstić information content (AvgIpc) is 3.17. The molecule has 1 aliphatic carbocycles. The molecule has 4 nitrogen and oxygen atoms in total. The van der Waals surface area contributed by atoms with E-state index in [1.54, 1.807) is 6.20 Å². The molecule has 0 bridgehead atoms. The van der Waals surface area contributed by atoms with E-state index in [9.17, 15) is 4.79 Å². The summed E-state index contributed by atoms with van der Waals surface area (Å²) in [4.78, 5) is 12.0. The monoisotopic (exact) mass is 309 g/mol. The molecule has 0 radical (unpaired) electrons. The Kier molecular flexibility index (Phi) is 4.43. The standard InChI is InChI=1S/C13H16BrN3O/c1-2-3-4-7-15-11-8-16-17(9-10-5-6-10)13(18)12(11)14/h1,8,10,15H,3-7,9H2. The zero-order valence-electron chi connectivity index (χ0n) is 10.2. The van der Waals surface area contributed by atoms with Gasteiger partial charge in [0, 0.05) is 19.5 Å². The highest BCUT2D eigenvalue weighted by atomic mass is 79.9. The fraction of sp³-hybridized carbons (Fsp3) is 0.538. The van der Waals surface area contributed by atoms with E-state index in [4.69, 9.17) is 6.42 Å². The fourth-order valence-corrected chi connectivity index (χ4v) is 2.12. The summed E-state index contributed by atoms with van der Waals surface area (Å²) in [6.07, 6.45) is 10.9. The average molecular weight is 310 g/mol. The number of unbranched alkanes of at least 4 members (excludes halogenated alkanes) is 1. The number of halogens is 1. The van der Waals surface area contributed by atoms with E-state index in [0.29, 0.717) is 10.4 Å². The second kappa shape index (κ2) is 6.05. The van der Waals surface area contributed by atoms with Gasteiger partial charge in [-0.3, -0.25) is 4.79 Å². The first-order valence-corrected chi connectivity index (χ1v) is 6.94. The summed E-state index contributed by atoms with van der Waals surface area (Å²) >= 11 is 3.33. The molecular formula is C13H16BrN3O. The van der Waals surface area contributed by atoms with Crippen molar-refractivity contribution in [1.82, 2.24) is 9.78 Å². The predicted molar refractivity (Wildman–Crippen MR) is 75.5 cm³/mol. The van der Waals surface area contributed by atoms with Crippen LogP contribution in [0.1, 0.15) is 25.7 Å². The Morgan fingerprint density at radius 3 is 3.06 bits per heavy atom. The number of nitrogens with one attached hydrogen (secondary N) is 1. The summed E-state index contributed by atoms with van der Waals surface area (Å²) in [5.74, 6) is 3.22. The first-order chi connectivity index (χ1) is 8.72. The van der Waals surface area contributed by atoms with Crippen molar-refractivity contribution in [2.24, 2.45) is 5.92 Å². The first kappa shape index (κ1) is 13.2. The van der Waals surface area contributed by atoms with Gasteiger partial charge in [0.15, 0.2) is 0 Å². The van der Waals surface area contributed by atoms with Crippen LogP contribution in [0.5, 0.6) is 0 Å². The lowest BCUT2D eigenvalue weighted by Crippen LogP contribution is -2.25. The first-order valence-electron chi connectivity index (χ1n) is 6.15. The lowest BCUT2D eigenvalue weighted by molar-refractivity contribution is 0.532. The van der Waals surface area contributed by atoms with Crippen molar-refractivity contribution < 1.29 is 0 Å². The van der Waals surface area contributed by atoms with Gasteiger partial charge in [-0.1, -0.05) is 0 Å². The molecule has 0 atom stereocenters. The molecule has 0 amide bonds. The largest absolute Gasteiger partial charge is 0.383 e. The molecular weight excluding hydrogens is 294 g/mol. The second-order valence-electron chi connectivity index (χ2n) is 4.54. The van der Waals surface area contributed by atoms with Crippen LogP contribution >= 0.6 is 15.9 Å². The molecule has 1 aromatic rings. The topological polar surface area (TPSA) is 46.9 Å². The van der Waals surface area contributed by atoms with E-state index < -0.39 is 0 Å². The van der Waals surface area contributed by atoms with Gasteiger partial charge in [0.2, 0.25) is 0 Å². The third-order valence-corrected chi connectivity index (χ3v) is 3.69. The van der Waals surface area contributed by atoms with Gasteiger partial charge in [0.1, 0.15) is 4.47 Å². The third kappa shape index (κ3) is 3.36. The Labute approximate surface area is 115 Å². The molecule has 1 fully saturated rings. The van der Waals surface area contributed by atoms with Gasteiger partial charge in [-0.05, 0) is 41.1 Å². The lowest BCUT2D eigenvalue weighted by Gasteiger charge is -2.09. The molecule has 0 aliphatic heterocycles. The van der Waals surface area contributed by atoms with Gasteiger partial charge in [0.25, 0.3) is 5.56 Å². The maximum Gasteiger partial charge on any atom is 0.283 e. The molecule has 0 saturated heterocycles. The Balaban J connectivity index is 2.01. The molecule has 1 aliphatic rings. The number of anilines is 1. The normalized spacial score (nSPS) is 14.2. The van der Waals surface area contributed by atoms with Gasteiger partial charge < -0.3 is 5.32 Å². The summed E-state index contributed by atoms with van der Waals surface area (Å²) in [5.41, 5.74) is 0.674. The number of aromatic nitrogens is 2. The van der Waals surface area contributed by atoms with Crippen LogP contribution in [0.4, 0.5) is 5.69 Å². The molecule has 5 heteroatoms. The Bertz CT molecular complexity index is 514. The molecule has 1 heterocycles. The minimum atomic E-state index is -0.0659. The molecule has 96 valence electrons. The minimum absolute atomic E-state index is 0.0659. The highest BCUT2D eigenvalue weighted by molar-refractivity contribution is 9.10. The quantitative estimate of drug-likeness (QED) is 0.647. The zero-order valence-corrected chi connectivity index (χ0v) is 11.7. The van der Waals surface area contributed by atoms with Gasteiger partial charge in [-0.15, -0.1) is 12.3 Å². The molecule has 0 aromatic carbocycles. The van der Waals surface area contributed by atoms with Gasteiger partial charge >= 0.3 is 0 Å². The van der Waals surface area contributed by atoms with Crippen LogP contribution in [0, 0.1) is 18.3 Å². The molecule has 1 saturated carbocycles. The molecule has 1 N–H and O–H groups in total. The van der Waals surface area contributed by atoms with Crippen molar-refractivity contribution in [2.75, 3.05) is 11.9 Å². The maximum atomic E-state index is 12.0. The number of hydrogen-bond acceptors (Lipinski definition) is 3. The molecule has 0 unspecified atom stereocenters. The van der Waals surface area contributed by atoms with Crippen LogP contribution in [0.2, 0.25) is 0 Å². The van der Waals surface area contributed by atoms with E-state index in [-0.39, 0.29) is 5.56 Å². The van der Waals surface area contributed by atoms with E-state index in [1.165, 1.54) is 17.5 Å². The van der Waals surface area contributed by atoms with Crippen molar-refractivity contribution >= 4 is 21.6 Å². The Hall–Kier alpha value is -1.28. The van der Waals surface area contributed by atoms with Crippen molar-refractivity contribution in [2.45, 2.75) is 32.2 Å². The zero-order chi connectivity index (χ0) is 13.0. The molecule has 1 aromatic heterocycles. The number of rotatable bonds is 6. The van der Waals surface area contributed by atoms with Crippen molar-refractivity contribution in [1.29, 1.82) is 0 Å². The van der Waals surface area contributed by atoms with E-state index in [1.807, 2.05) is 0 Å². The van der Waals surface area contributed by atoms with Crippen molar-refractivity contribution in [3.8, 4) is 12.3 Å². The van der Waals surface area contributed by atoms with Gasteiger partial charge in [0.05, 0.1) is 11.9 Å². The SMILES string of the molecule is C#CCCCNc1cnn(CC2CC2)c(=O)c1Br. The molecule has 2 rings (SSSR count). The van der Waals surface area contributed by atoms with Crippen LogP contribution in [0.3, 0.4) is 0 Å². The number of nitrogens with zero attached hydrogens (tertiary/aromatic N) is 2. The molecule has 0 spiro atoms. The lowest BCUT2D eigenvalue weighted by atomic mass is 10.3. The van der Waals surface area contributed by atoms with Crippen LogP contribution < -0.4 is 10.9 Å². The van der Waals surface area contributed by atoms with Crippen LogP contribution in [0.15, 0.2) is 15.5 Å². The highest BCUT2D eigenvalue weighted by Gasteiger charge is 2.23. The summed E-state index contributed by atoms with van der Waals surface area (Å²) in [5, 5.41) is 7.36. The van der Waals surface area contributed by atoms with E-state index >= 15 is 0 Å². The number of hydrogen-bond donors (Lipinski definition) is 1. The second-order valence-corrected chi connectivity index (χ2v) is 5.33. The van der Waals surface area contributed by atoms with Crippen LogP contribution in [0.25, 0.3) is 0 Å². The van der Waals surface area contributed by atoms with Crippen LogP contribution in [-0.2, 0) is 6.54 Å². The highest BCUT2D eigenvalue weighted by Crippen LogP contribution is 2.30. The summed E-state index contributed by atoms with van der Waals surface area (Å²) in [7, 11) is 0. The van der Waals surface area contributed by atoms with Gasteiger partial charge in [-0.2, -0.15) is 5.10 Å². The maximum absolute atomic E-state index is 12.0. The van der Waals surface area contributed by atoms with E-state index in [2.05, 4.69) is 32.3 Å². The summed E-state index contributed by atoms with van der Waals surface area (Å²) < 4.78 is 2.09. The minimum Gasteiger partial charge on any atom is -0.383 e. The Morgan fingerprint density at radius 2 is 2.39 bits per heavy atom.